The van der Waals surface area contributed by atoms with Gasteiger partial charge in [0.2, 0.25) is 47.3 Å². The van der Waals surface area contributed by atoms with Gasteiger partial charge in [0.25, 0.3) is 11.8 Å². The molecule has 102 heavy (non-hydrogen) atoms. The van der Waals surface area contributed by atoms with Crippen molar-refractivity contribution in [2.45, 2.75) is 263 Å². The van der Waals surface area contributed by atoms with E-state index < -0.39 is 216 Å². The number of nitrogens with one attached hydrogen (secondary N) is 7. The minimum absolute atomic E-state index is 0.0610. The van der Waals surface area contributed by atoms with Crippen LogP contribution in [0, 0.1) is 35.5 Å². The highest BCUT2D eigenvalue weighted by molar-refractivity contribution is 6.01. The number of aliphatic hydroxyl groups is 4. The van der Waals surface area contributed by atoms with Crippen molar-refractivity contribution in [3.05, 3.63) is 53.1 Å². The molecule has 0 saturated carbocycles. The predicted molar refractivity (Wildman–Crippen MR) is 368 cm³/mol. The first-order chi connectivity index (χ1) is 47.9. The summed E-state index contributed by atoms with van der Waals surface area (Å²) < 4.78 is 12.0. The third-order valence-corrected chi connectivity index (χ3v) is 21.6. The minimum atomic E-state index is -2.15. The van der Waals surface area contributed by atoms with E-state index in [0.717, 1.165) is 9.80 Å². The van der Waals surface area contributed by atoms with Crippen LogP contribution in [0.3, 0.4) is 0 Å². The van der Waals surface area contributed by atoms with Gasteiger partial charge in [-0.25, -0.2) is 9.59 Å². The lowest BCUT2D eigenvalue weighted by Gasteiger charge is -2.36. The zero-order chi connectivity index (χ0) is 74.8. The van der Waals surface area contributed by atoms with Gasteiger partial charge in [0, 0.05) is 37.2 Å². The molecule has 29 nitrogen and oxygen atoms in total. The first kappa shape index (κ1) is 76.4. The highest BCUT2D eigenvalue weighted by Crippen LogP contribution is 2.53. The number of cyclic esters (lactones) is 2. The predicted octanol–water partition coefficient (Wildman–Crippen LogP) is 0.826. The summed E-state index contributed by atoms with van der Waals surface area (Å²) in [7, 11) is 0. The Balaban J connectivity index is 1.01. The van der Waals surface area contributed by atoms with Crippen LogP contribution < -0.4 is 37.2 Å². The van der Waals surface area contributed by atoms with Crippen molar-refractivity contribution in [2.75, 3.05) is 18.4 Å². The Bertz CT molecular complexity index is 3420. The Kier molecular flexibility index (Phi) is 22.3. The smallest absolute Gasteiger partial charge is 0.329 e. The van der Waals surface area contributed by atoms with E-state index in [2.05, 4.69) is 37.2 Å². The zero-order valence-corrected chi connectivity index (χ0v) is 60.7. The number of carbonyl (C=O) groups excluding carboxylic acids is 12. The van der Waals surface area contributed by atoms with E-state index in [1.165, 1.54) is 23.6 Å². The van der Waals surface area contributed by atoms with Gasteiger partial charge in [0.15, 0.2) is 12.2 Å². The Morgan fingerprint density at radius 1 is 0.451 bits per heavy atom. The van der Waals surface area contributed by atoms with Crippen LogP contribution in [-0.4, -0.2) is 221 Å². The number of esters is 2. The van der Waals surface area contributed by atoms with Crippen LogP contribution in [0.4, 0.5) is 5.69 Å². The summed E-state index contributed by atoms with van der Waals surface area (Å²) in [4.78, 5) is 182. The number of ether oxygens (including phenoxy) is 2. The number of carbonyl (C=O) groups is 12. The summed E-state index contributed by atoms with van der Waals surface area (Å²) in [5.41, 5.74) is -2.03. The largest absolute Gasteiger partial charge is 0.450 e. The molecule has 7 heterocycles. The monoisotopic (exact) mass is 1420 g/mol. The molecule has 558 valence electrons. The molecule has 2 aromatic carbocycles. The second kappa shape index (κ2) is 29.8. The van der Waals surface area contributed by atoms with E-state index in [0.29, 0.717) is 35.2 Å². The van der Waals surface area contributed by atoms with Gasteiger partial charge in [-0.1, -0.05) is 101 Å². The minimum Gasteiger partial charge on any atom is -0.450 e. The fraction of sp³-hybridized carbons (Fsp3) is 0.671. The first-order valence-electron chi connectivity index (χ1n) is 36.2. The van der Waals surface area contributed by atoms with E-state index in [-0.39, 0.29) is 68.2 Å². The van der Waals surface area contributed by atoms with Gasteiger partial charge < -0.3 is 86.7 Å². The van der Waals surface area contributed by atoms with Crippen LogP contribution in [0.2, 0.25) is 0 Å². The Labute approximate surface area is 594 Å². The molecule has 8 aliphatic rings. The van der Waals surface area contributed by atoms with Gasteiger partial charge in [-0.2, -0.15) is 0 Å². The molecule has 0 bridgehead atoms. The average Bonchev–Trinajstić information content (AvgIpc) is 1.55. The third-order valence-electron chi connectivity index (χ3n) is 21.6. The normalized spacial score (nSPS) is 32.9. The number of anilines is 1. The maximum atomic E-state index is 15.5. The van der Waals surface area contributed by atoms with E-state index in [4.69, 9.17) is 9.47 Å². The number of rotatable bonds is 11. The fourth-order valence-corrected chi connectivity index (χ4v) is 16.1. The summed E-state index contributed by atoms with van der Waals surface area (Å²) in [5, 5.41) is 69.4. The first-order valence-corrected chi connectivity index (χ1v) is 36.2. The molecule has 18 atom stereocenters. The molecule has 1 aliphatic carbocycles. The lowest BCUT2D eigenvalue weighted by atomic mass is 9.86. The van der Waals surface area contributed by atoms with Crippen LogP contribution in [0.25, 0.3) is 11.1 Å². The number of hydrogen-bond acceptors (Lipinski definition) is 19. The summed E-state index contributed by atoms with van der Waals surface area (Å²) >= 11 is 0. The Hall–Kier alpha value is -8.28. The number of aliphatic hydroxyl groups excluding tert-OH is 2. The summed E-state index contributed by atoms with van der Waals surface area (Å²) in [6, 6.07) is -5.45. The van der Waals surface area contributed by atoms with E-state index in [9.17, 15) is 58.8 Å². The molecule has 2 aromatic rings. The van der Waals surface area contributed by atoms with Gasteiger partial charge >= 0.3 is 11.9 Å². The molecular weight excluding hydrogens is 1320 g/mol. The molecule has 6 saturated heterocycles. The second-order valence-electron chi connectivity index (χ2n) is 31.6. The van der Waals surface area contributed by atoms with E-state index in [1.54, 1.807) is 91.8 Å². The molecule has 10 rings (SSSR count). The summed E-state index contributed by atoms with van der Waals surface area (Å²) in [6.07, 6.45) is -7.14. The summed E-state index contributed by atoms with van der Waals surface area (Å²) in [6.45, 7) is 23.4. The molecule has 11 N–H and O–H groups in total. The van der Waals surface area contributed by atoms with Gasteiger partial charge in [-0.15, -0.1) is 0 Å². The molecule has 0 unspecified atom stereocenters. The van der Waals surface area contributed by atoms with Crippen LogP contribution in [0.5, 0.6) is 0 Å². The molecule has 6 fully saturated rings. The standard InChI is InChI=1S/C73H103N11O18/c1-32(2)25-46-59(87)79-55(38(13)85)65(93)83-50(63(91)77-53(34(5)6)69(97)101-57(36(9)10)67(95)81-23-15-17-48(81)61(89)74-46)30-72(99)43-27-40(19-20-42(43)29-52(72)83)41-21-22-45-44(28-41)73(100)31-51-64(92)78-54(35(7)8)70(98)102-58(37(11)12)68(96)82-24-16-18-49(82)62(90)75-47(26-33(3)4)60(88)80-56(39(14)86)66(94)84(51)71(73)76-45/h19-22,27-28,32-39,46-58,71,76,85-86,99-100H,15-18,23-26,29-31H2,1-14H3,(H,74,89)(H,75,90)(H,77,91)(H,78,92)(H,79,87)(H,80,88)/t38-,39-,46-,47-,48+,49+,50-,51-,52+,53+,54+,55+,56+,57-,58-,71-,72+,73+/m0/s1. The van der Waals surface area contributed by atoms with E-state index in [1.807, 2.05) is 27.7 Å². The maximum absolute atomic E-state index is 15.5. The fourth-order valence-electron chi connectivity index (χ4n) is 16.1. The van der Waals surface area contributed by atoms with Crippen molar-refractivity contribution >= 4 is 76.7 Å². The lowest BCUT2D eigenvalue weighted by molar-refractivity contribution is -0.167. The second-order valence-corrected chi connectivity index (χ2v) is 31.6. The van der Waals surface area contributed by atoms with Crippen LogP contribution in [0.15, 0.2) is 36.4 Å². The molecule has 7 aliphatic heterocycles. The van der Waals surface area contributed by atoms with Crippen LogP contribution in [-0.2, 0) is 84.6 Å². The molecule has 0 radical (unpaired) electrons. The Morgan fingerprint density at radius 3 is 1.28 bits per heavy atom. The van der Waals surface area contributed by atoms with Crippen LogP contribution in [0.1, 0.15) is 165 Å². The van der Waals surface area contributed by atoms with Gasteiger partial charge in [0.05, 0.1) is 18.2 Å². The third kappa shape index (κ3) is 14.6. The van der Waals surface area contributed by atoms with Gasteiger partial charge in [-0.05, 0) is 135 Å². The van der Waals surface area contributed by atoms with Crippen molar-refractivity contribution < 1.29 is 87.4 Å². The van der Waals surface area contributed by atoms with Crippen molar-refractivity contribution in [1.29, 1.82) is 0 Å². The lowest BCUT2D eigenvalue weighted by Crippen LogP contribution is -2.63. The number of hydrogen-bond donors (Lipinski definition) is 11. The molecule has 29 heteroatoms. The molecule has 0 aromatic heterocycles. The quantitative estimate of drug-likeness (QED) is 0.139. The number of fused-ring (bicyclic) bond motifs is 12. The van der Waals surface area contributed by atoms with Crippen molar-refractivity contribution in [2.24, 2.45) is 35.5 Å². The Morgan fingerprint density at radius 2 is 0.853 bits per heavy atom. The van der Waals surface area contributed by atoms with Gasteiger partial charge in [-0.3, -0.25) is 47.9 Å². The molecule has 0 spiro atoms. The van der Waals surface area contributed by atoms with Crippen molar-refractivity contribution in [3.63, 3.8) is 0 Å². The van der Waals surface area contributed by atoms with Crippen molar-refractivity contribution in [1.82, 2.24) is 51.5 Å². The highest BCUT2D eigenvalue weighted by Gasteiger charge is 2.64. The zero-order valence-electron chi connectivity index (χ0n) is 60.7. The summed E-state index contributed by atoms with van der Waals surface area (Å²) in [5.74, 6) is -12.9. The number of amides is 10. The number of nitrogens with zero attached hydrogens (tertiary/aromatic N) is 4. The SMILES string of the molecule is CC(C)C[C@@H]1NC(=O)[C@H]2CCCN2C(=O)[C@H](C(C)C)OC(=O)[C@@H](C(C)C)NC(=O)[C@@H]2C[C@@]3(O)c4cc(-c5ccc6c(c5)[C@]5(O)C[C@H]7C(=O)N[C@H](C(C)C)C(=O)O[C@@H](C(C)C)C(=O)N8CCC[C@@H]8C(=O)N[C@@H](CC(C)C)C(=O)N[C@H]([C@H](C)O)C(=O)N7[C@@H]5N6)ccc4C[C@H]3N2C(=O)[C@@H]([C@H](C)O)NC1=O. The molecular formula is C73H103N11O18. The topological polar surface area (TPSA) is 401 Å². The average molecular weight is 1420 g/mol. The van der Waals surface area contributed by atoms with E-state index >= 15 is 19.2 Å². The number of benzene rings is 2. The van der Waals surface area contributed by atoms with Crippen molar-refractivity contribution in [3.8, 4) is 11.1 Å². The van der Waals surface area contributed by atoms with Gasteiger partial charge in [0.1, 0.15) is 77.8 Å². The molecule has 10 amide bonds. The maximum Gasteiger partial charge on any atom is 0.329 e. The van der Waals surface area contributed by atoms with Crippen LogP contribution >= 0.6 is 0 Å². The highest BCUT2D eigenvalue weighted by atomic mass is 16.6.